The van der Waals surface area contributed by atoms with Crippen molar-refractivity contribution in [2.75, 3.05) is 64.5 Å². The van der Waals surface area contributed by atoms with E-state index in [0.29, 0.717) is 56.2 Å². The van der Waals surface area contributed by atoms with Crippen molar-refractivity contribution in [2.45, 2.75) is 221 Å². The molecule has 0 radical (unpaired) electrons. The van der Waals surface area contributed by atoms with Crippen molar-refractivity contribution in [1.82, 2.24) is 45.8 Å². The Balaban J connectivity index is 0.540. The molecule has 4 aliphatic carbocycles. The molecule has 21 heteroatoms. The Hall–Kier alpha value is -5.61. The number of aryl methyl sites for hydroxylation is 2. The summed E-state index contributed by atoms with van der Waals surface area (Å²) in [5.41, 5.74) is 3.34. The number of fused-ring (bicyclic) bond motifs is 2. The van der Waals surface area contributed by atoms with Gasteiger partial charge in [-0.3, -0.25) is 33.8 Å². The van der Waals surface area contributed by atoms with Crippen LogP contribution in [0, 0.1) is 25.7 Å². The van der Waals surface area contributed by atoms with Crippen molar-refractivity contribution in [3.8, 4) is 5.75 Å². The van der Waals surface area contributed by atoms with Gasteiger partial charge in [-0.1, -0.05) is 57.4 Å². The summed E-state index contributed by atoms with van der Waals surface area (Å²) in [6.45, 7) is 11.0. The maximum absolute atomic E-state index is 14.0. The van der Waals surface area contributed by atoms with E-state index in [-0.39, 0.29) is 106 Å². The van der Waals surface area contributed by atoms with Crippen LogP contribution in [0.2, 0.25) is 0 Å². The molecule has 1 spiro atoms. The number of unbranched alkanes of at least 4 members (excludes halogenated alkanes) is 4. The number of ether oxygens (including phenoxy) is 3. The van der Waals surface area contributed by atoms with E-state index < -0.39 is 28.8 Å². The molecule has 470 valence electrons. The zero-order chi connectivity index (χ0) is 60.3. The molecule has 2 unspecified atom stereocenters. The van der Waals surface area contributed by atoms with E-state index in [1.54, 1.807) is 12.1 Å². The van der Waals surface area contributed by atoms with Crippen LogP contribution in [0.5, 0.6) is 5.75 Å². The number of amides is 5. The van der Waals surface area contributed by atoms with Gasteiger partial charge in [0.15, 0.2) is 0 Å². The van der Waals surface area contributed by atoms with E-state index in [1.165, 1.54) is 18.4 Å². The summed E-state index contributed by atoms with van der Waals surface area (Å²) in [6, 6.07) is 12.2. The van der Waals surface area contributed by atoms with Crippen LogP contribution in [0.1, 0.15) is 188 Å². The molecule has 2 aromatic carbocycles. The number of piperidine rings is 2. The molecule has 1 aromatic heterocycles. The number of benzene rings is 2. The normalized spacial score (nSPS) is 27.7. The van der Waals surface area contributed by atoms with E-state index in [9.17, 15) is 37.9 Å². The Morgan fingerprint density at radius 2 is 1.41 bits per heavy atom. The minimum Gasteiger partial charge on any atom is -0.487 e. The molecule has 8 aliphatic rings. The highest BCUT2D eigenvalue weighted by Gasteiger charge is 2.73. The number of hydrogen-bond donors (Lipinski definition) is 6. The summed E-state index contributed by atoms with van der Waals surface area (Å²) >= 11 is 0. The van der Waals surface area contributed by atoms with Gasteiger partial charge in [0.2, 0.25) is 35.5 Å². The minimum atomic E-state index is -2.73. The second-order valence-corrected chi connectivity index (χ2v) is 26.8. The first-order valence-electron chi connectivity index (χ1n) is 32.4. The van der Waals surface area contributed by atoms with Crippen molar-refractivity contribution in [1.29, 1.82) is 0 Å². The van der Waals surface area contributed by atoms with Crippen molar-refractivity contribution < 1.29 is 52.1 Å². The van der Waals surface area contributed by atoms with Gasteiger partial charge in [0, 0.05) is 86.3 Å². The van der Waals surface area contributed by atoms with Gasteiger partial charge in [-0.15, -0.1) is 10.2 Å². The first-order chi connectivity index (χ1) is 41.4. The van der Waals surface area contributed by atoms with Crippen LogP contribution in [-0.2, 0) is 45.3 Å². The summed E-state index contributed by atoms with van der Waals surface area (Å²) in [6.07, 6.45) is 13.8. The number of rotatable bonds is 28. The summed E-state index contributed by atoms with van der Waals surface area (Å²) in [5.74, 6) is -0.877. The van der Waals surface area contributed by atoms with Crippen LogP contribution in [0.15, 0.2) is 36.4 Å². The molecule has 19 nitrogen and oxygen atoms in total. The standard InChI is InChI=1S/C65H92F2N10O9/c1-40(2)61-74-73-42(4)77(61)50-33-48-18-19-49(34-50)76(48)30-23-51(72-62(82)45-20-24-63(66,67)25-21-45)44-14-16-47(17-15-44)70-56(80)38-84-36-54(78)68-28-8-6-5-7-9-29-69-55(79)37-85-39-57(81)71-52-22-26-65(83)53-32-46-13-10-41(3)59-58(46)64(65,60(52)86-59)27-31-75(53)35-43-11-12-43/h10,13-17,40,43,45,48-53,60,83H,5-9,11-12,18-39H2,1-4H3,(H,68,78)(H,69,79)(H,70,80)(H,71,81)(H,72,82)/t48?,49?,50?,51-,52+,53+,60-,64-,65+/m0/s1. The minimum absolute atomic E-state index is 0.0275. The SMILES string of the molecule is Cc1ccc2c3c1O[C@H]1[C@H](NC(=O)COCC(=O)NCCCCCCCNC(=O)COCC(=O)Nc4ccc([C@H](CCN5C6CCC5CC(n5c(C)nnc5C(C)C)C6)NC(=O)C5CCC(F)(F)CC5)cc4)CC[C@@]4(O)[C@@H](C2)N(CC2CC2)CC[C@]314. The Morgan fingerprint density at radius 1 is 0.756 bits per heavy atom. The van der Waals surface area contributed by atoms with Crippen LogP contribution >= 0.6 is 0 Å². The number of likely N-dealkylation sites (tertiary alicyclic amines) is 1. The molecule has 3 aromatic rings. The molecular weight excluding hydrogens is 1100 g/mol. The van der Waals surface area contributed by atoms with E-state index >= 15 is 0 Å². The molecule has 5 heterocycles. The van der Waals surface area contributed by atoms with Crippen LogP contribution < -0.4 is 31.3 Å². The quantitative estimate of drug-likeness (QED) is 0.0397. The third kappa shape index (κ3) is 13.5. The third-order valence-corrected chi connectivity index (χ3v) is 20.6. The van der Waals surface area contributed by atoms with Crippen LogP contribution in [0.3, 0.4) is 0 Å². The number of aliphatic hydroxyl groups is 1. The topological polar surface area (TPSA) is 231 Å². The number of aromatic nitrogens is 3. The van der Waals surface area contributed by atoms with Gasteiger partial charge in [0.25, 0.3) is 0 Å². The lowest BCUT2D eigenvalue weighted by atomic mass is 9.48. The van der Waals surface area contributed by atoms with Crippen molar-refractivity contribution >= 4 is 35.2 Å². The second-order valence-electron chi connectivity index (χ2n) is 26.8. The average Bonchev–Trinajstić information content (AvgIpc) is 1.38. The number of hydrogen-bond acceptors (Lipinski definition) is 13. The molecular formula is C65H92F2N10O9. The predicted octanol–water partition coefficient (Wildman–Crippen LogP) is 7.16. The van der Waals surface area contributed by atoms with E-state index in [2.05, 4.69) is 84.1 Å². The van der Waals surface area contributed by atoms with Gasteiger partial charge in [0.1, 0.15) is 49.9 Å². The Bertz CT molecular complexity index is 2900. The summed E-state index contributed by atoms with van der Waals surface area (Å²) in [4.78, 5) is 70.0. The highest BCUT2D eigenvalue weighted by molar-refractivity contribution is 5.92. The Labute approximate surface area is 504 Å². The molecule has 6 fully saturated rings. The van der Waals surface area contributed by atoms with Crippen molar-refractivity contribution in [3.05, 3.63) is 70.3 Å². The molecule has 4 bridgehead atoms. The first kappa shape index (κ1) is 62.0. The van der Waals surface area contributed by atoms with E-state index in [1.807, 2.05) is 19.1 Å². The van der Waals surface area contributed by atoms with Crippen molar-refractivity contribution in [2.24, 2.45) is 11.8 Å². The van der Waals surface area contributed by atoms with Gasteiger partial charge >= 0.3 is 0 Å². The molecule has 86 heavy (non-hydrogen) atoms. The maximum atomic E-state index is 14.0. The fourth-order valence-corrected chi connectivity index (χ4v) is 16.1. The molecule has 5 amide bonds. The number of nitrogens with one attached hydrogen (secondary N) is 5. The van der Waals surface area contributed by atoms with Crippen LogP contribution in [-0.4, -0.2) is 160 Å². The zero-order valence-electron chi connectivity index (χ0n) is 50.9. The fourth-order valence-electron chi connectivity index (χ4n) is 16.1. The average molecular weight is 1200 g/mol. The largest absolute Gasteiger partial charge is 0.487 e. The van der Waals surface area contributed by atoms with Gasteiger partial charge in [-0.2, -0.15) is 0 Å². The number of halogens is 2. The third-order valence-electron chi connectivity index (χ3n) is 20.6. The molecule has 11 rings (SSSR count). The lowest BCUT2D eigenvalue weighted by molar-refractivity contribution is -0.192. The van der Waals surface area contributed by atoms with Gasteiger partial charge in [-0.05, 0) is 151 Å². The summed E-state index contributed by atoms with van der Waals surface area (Å²) in [7, 11) is 0. The zero-order valence-corrected chi connectivity index (χ0v) is 50.9. The van der Waals surface area contributed by atoms with E-state index in [0.717, 1.165) is 130 Å². The van der Waals surface area contributed by atoms with Crippen molar-refractivity contribution in [3.63, 3.8) is 0 Å². The lowest BCUT2D eigenvalue weighted by Gasteiger charge is -2.64. The Morgan fingerprint density at radius 3 is 2.07 bits per heavy atom. The van der Waals surface area contributed by atoms with Gasteiger partial charge in [-0.25, -0.2) is 8.78 Å². The lowest BCUT2D eigenvalue weighted by Crippen LogP contribution is -2.78. The van der Waals surface area contributed by atoms with E-state index in [4.69, 9.17) is 14.2 Å². The fraction of sp³-hybridized carbons (Fsp3) is 0.708. The first-order valence-corrected chi connectivity index (χ1v) is 32.4. The smallest absolute Gasteiger partial charge is 0.250 e. The highest BCUT2D eigenvalue weighted by atomic mass is 19.3. The maximum Gasteiger partial charge on any atom is 0.250 e. The number of anilines is 1. The molecule has 3 saturated heterocycles. The number of alkyl halides is 2. The Kier molecular flexibility index (Phi) is 19.2. The monoisotopic (exact) mass is 1190 g/mol. The molecule has 4 aliphatic heterocycles. The van der Waals surface area contributed by atoms with Gasteiger partial charge < -0.3 is 50.5 Å². The van der Waals surface area contributed by atoms with Crippen LogP contribution in [0.25, 0.3) is 0 Å². The predicted molar refractivity (Wildman–Crippen MR) is 319 cm³/mol. The molecule has 8 atom stereocenters. The summed E-state index contributed by atoms with van der Waals surface area (Å²) < 4.78 is 48.2. The number of nitrogens with zero attached hydrogens (tertiary/aromatic N) is 5. The van der Waals surface area contributed by atoms with Gasteiger partial charge in [0.05, 0.1) is 23.1 Å². The highest BCUT2D eigenvalue weighted by Crippen LogP contribution is 2.65. The second kappa shape index (κ2) is 26.6. The number of carbonyl (C=O) groups is 5. The summed E-state index contributed by atoms with van der Waals surface area (Å²) in [5, 5.41) is 36.6. The molecule has 6 N–H and O–H groups in total. The van der Waals surface area contributed by atoms with Crippen LogP contribution in [0.4, 0.5) is 14.5 Å². The number of carbonyl (C=O) groups excluding carboxylic acids is 5. The molecule has 3 saturated carbocycles.